The van der Waals surface area contributed by atoms with E-state index in [4.69, 9.17) is 0 Å². The van der Waals surface area contributed by atoms with Crippen LogP contribution in [0.3, 0.4) is 0 Å². The number of benzene rings is 1. The van der Waals surface area contributed by atoms with Crippen molar-refractivity contribution in [2.75, 3.05) is 39.4 Å². The molecule has 0 atom stereocenters. The van der Waals surface area contributed by atoms with Gasteiger partial charge in [-0.3, -0.25) is 9.80 Å². The molecule has 3 heterocycles. The van der Waals surface area contributed by atoms with Crippen molar-refractivity contribution in [1.82, 2.24) is 20.1 Å². The lowest BCUT2D eigenvalue weighted by molar-refractivity contribution is 0.109. The van der Waals surface area contributed by atoms with Gasteiger partial charge in [-0.15, -0.1) is 0 Å². The van der Waals surface area contributed by atoms with Crippen LogP contribution in [0.15, 0.2) is 24.3 Å². The van der Waals surface area contributed by atoms with Crippen LogP contribution < -0.4 is 5.32 Å². The molecule has 4 rings (SSSR count). The maximum absolute atomic E-state index is 3.59. The second-order valence-electron chi connectivity index (χ2n) is 5.94. The van der Waals surface area contributed by atoms with Crippen molar-refractivity contribution in [2.24, 2.45) is 0 Å². The van der Waals surface area contributed by atoms with Gasteiger partial charge in [-0.1, -0.05) is 18.2 Å². The first-order chi connectivity index (χ1) is 9.90. The molecule has 0 amide bonds. The van der Waals surface area contributed by atoms with E-state index in [9.17, 15) is 0 Å². The number of aromatic nitrogens is 1. The Balaban J connectivity index is 1.53. The zero-order chi connectivity index (χ0) is 13.4. The van der Waals surface area contributed by atoms with Crippen LogP contribution in [-0.2, 0) is 13.0 Å². The summed E-state index contributed by atoms with van der Waals surface area (Å²) in [5, 5.41) is 4.83. The minimum absolute atomic E-state index is 1.09. The molecule has 20 heavy (non-hydrogen) atoms. The van der Waals surface area contributed by atoms with Gasteiger partial charge in [0.25, 0.3) is 0 Å². The fraction of sp³-hybridized carbons (Fsp3) is 0.500. The number of fused-ring (bicyclic) bond motifs is 3. The fourth-order valence-electron chi connectivity index (χ4n) is 3.48. The van der Waals surface area contributed by atoms with Crippen LogP contribution >= 0.6 is 0 Å². The van der Waals surface area contributed by atoms with E-state index in [0.29, 0.717) is 0 Å². The first kappa shape index (κ1) is 12.4. The number of H-pyrrole nitrogens is 1. The molecule has 1 aromatic carbocycles. The SMILES string of the molecule is c1ccc2c3c([nH]c2c1)CCN(CN1CCNCC1)C3. The highest BCUT2D eigenvalue weighted by atomic mass is 15.3. The van der Waals surface area contributed by atoms with E-state index >= 15 is 0 Å². The van der Waals surface area contributed by atoms with Gasteiger partial charge < -0.3 is 10.3 Å². The Morgan fingerprint density at radius 3 is 2.75 bits per heavy atom. The second kappa shape index (κ2) is 5.20. The molecule has 0 saturated carbocycles. The quantitative estimate of drug-likeness (QED) is 0.865. The minimum atomic E-state index is 1.09. The summed E-state index contributed by atoms with van der Waals surface area (Å²) < 4.78 is 0. The molecule has 106 valence electrons. The number of nitrogens with zero attached hydrogens (tertiary/aromatic N) is 2. The van der Waals surface area contributed by atoms with Gasteiger partial charge in [0.15, 0.2) is 0 Å². The summed E-state index contributed by atoms with van der Waals surface area (Å²) >= 11 is 0. The number of aromatic amines is 1. The molecule has 0 spiro atoms. The molecule has 0 radical (unpaired) electrons. The molecular formula is C16H22N4. The lowest BCUT2D eigenvalue weighted by atomic mass is 10.0. The molecule has 4 heteroatoms. The molecule has 0 aliphatic carbocycles. The summed E-state index contributed by atoms with van der Waals surface area (Å²) in [4.78, 5) is 8.75. The Morgan fingerprint density at radius 1 is 1.00 bits per heavy atom. The Labute approximate surface area is 119 Å². The molecular weight excluding hydrogens is 248 g/mol. The molecule has 2 aliphatic heterocycles. The first-order valence-corrected chi connectivity index (χ1v) is 7.64. The Bertz CT molecular complexity index is 598. The van der Waals surface area contributed by atoms with Crippen molar-refractivity contribution in [3.05, 3.63) is 35.5 Å². The number of para-hydroxylation sites is 1. The van der Waals surface area contributed by atoms with Crippen LogP contribution in [0, 0.1) is 0 Å². The summed E-state index contributed by atoms with van der Waals surface area (Å²) in [6, 6.07) is 8.70. The Morgan fingerprint density at radius 2 is 1.85 bits per heavy atom. The van der Waals surface area contributed by atoms with Crippen LogP contribution in [0.4, 0.5) is 0 Å². The average molecular weight is 270 g/mol. The number of rotatable bonds is 2. The molecule has 1 saturated heterocycles. The molecule has 2 N–H and O–H groups in total. The summed E-state index contributed by atoms with van der Waals surface area (Å²) in [5.74, 6) is 0. The zero-order valence-corrected chi connectivity index (χ0v) is 11.9. The number of piperazine rings is 1. The third-order valence-electron chi connectivity index (χ3n) is 4.57. The van der Waals surface area contributed by atoms with Gasteiger partial charge >= 0.3 is 0 Å². The van der Waals surface area contributed by atoms with Gasteiger partial charge in [0.2, 0.25) is 0 Å². The lowest BCUT2D eigenvalue weighted by Crippen LogP contribution is -2.49. The third-order valence-corrected chi connectivity index (χ3v) is 4.57. The monoisotopic (exact) mass is 270 g/mol. The van der Waals surface area contributed by atoms with Crippen LogP contribution in [0.1, 0.15) is 11.3 Å². The molecule has 0 bridgehead atoms. The van der Waals surface area contributed by atoms with Gasteiger partial charge in [0, 0.05) is 62.3 Å². The maximum atomic E-state index is 3.59. The molecule has 1 fully saturated rings. The van der Waals surface area contributed by atoms with Crippen molar-refractivity contribution >= 4 is 10.9 Å². The standard InChI is InChI=1S/C16H22N4/c1-2-4-15-13(3-1)14-11-20(8-5-16(14)18-15)12-19-9-6-17-7-10-19/h1-4,17-18H,5-12H2. The Kier molecular flexibility index (Phi) is 3.22. The molecule has 1 aromatic heterocycles. The van der Waals surface area contributed by atoms with Crippen molar-refractivity contribution in [1.29, 1.82) is 0 Å². The van der Waals surface area contributed by atoms with Gasteiger partial charge in [0.05, 0.1) is 6.67 Å². The summed E-state index contributed by atoms with van der Waals surface area (Å²) in [7, 11) is 0. The highest BCUT2D eigenvalue weighted by Crippen LogP contribution is 2.27. The van der Waals surface area contributed by atoms with Gasteiger partial charge in [-0.25, -0.2) is 0 Å². The topological polar surface area (TPSA) is 34.3 Å². The molecule has 0 unspecified atom stereocenters. The normalized spacial score (nSPS) is 21.2. The second-order valence-corrected chi connectivity index (χ2v) is 5.94. The van der Waals surface area contributed by atoms with Crippen molar-refractivity contribution in [3.8, 4) is 0 Å². The highest BCUT2D eigenvalue weighted by molar-refractivity contribution is 5.84. The smallest absolute Gasteiger partial charge is 0.0510 e. The first-order valence-electron chi connectivity index (χ1n) is 7.64. The van der Waals surface area contributed by atoms with E-state index < -0.39 is 0 Å². The van der Waals surface area contributed by atoms with Gasteiger partial charge in [-0.05, 0) is 11.6 Å². The van der Waals surface area contributed by atoms with Crippen molar-refractivity contribution in [3.63, 3.8) is 0 Å². The number of hydrogen-bond acceptors (Lipinski definition) is 3. The van der Waals surface area contributed by atoms with Crippen LogP contribution in [0.25, 0.3) is 10.9 Å². The highest BCUT2D eigenvalue weighted by Gasteiger charge is 2.22. The predicted octanol–water partition coefficient (Wildman–Crippen LogP) is 1.39. The largest absolute Gasteiger partial charge is 0.358 e. The third kappa shape index (κ3) is 2.24. The van der Waals surface area contributed by atoms with Crippen LogP contribution in [0.2, 0.25) is 0 Å². The fourth-order valence-corrected chi connectivity index (χ4v) is 3.48. The van der Waals surface area contributed by atoms with E-state index in [1.165, 1.54) is 41.8 Å². The predicted molar refractivity (Wildman–Crippen MR) is 81.7 cm³/mol. The average Bonchev–Trinajstić information content (AvgIpc) is 2.86. The molecule has 2 aliphatic rings. The van der Waals surface area contributed by atoms with E-state index in [0.717, 1.165) is 32.7 Å². The van der Waals surface area contributed by atoms with Crippen molar-refractivity contribution < 1.29 is 0 Å². The lowest BCUT2D eigenvalue weighted by Gasteiger charge is -2.35. The van der Waals surface area contributed by atoms with E-state index in [1.54, 1.807) is 0 Å². The Hall–Kier alpha value is -1.36. The summed E-state index contributed by atoms with van der Waals surface area (Å²) in [5.41, 5.74) is 4.26. The van der Waals surface area contributed by atoms with Crippen LogP contribution in [-0.4, -0.2) is 54.2 Å². The molecule has 2 aromatic rings. The van der Waals surface area contributed by atoms with E-state index in [1.807, 2.05) is 0 Å². The van der Waals surface area contributed by atoms with Crippen LogP contribution in [0.5, 0.6) is 0 Å². The minimum Gasteiger partial charge on any atom is -0.358 e. The van der Waals surface area contributed by atoms with Crippen molar-refractivity contribution in [2.45, 2.75) is 13.0 Å². The van der Waals surface area contributed by atoms with Gasteiger partial charge in [-0.2, -0.15) is 0 Å². The van der Waals surface area contributed by atoms with E-state index in [-0.39, 0.29) is 0 Å². The summed E-state index contributed by atoms with van der Waals surface area (Å²) in [6.45, 7) is 7.99. The number of nitrogens with one attached hydrogen (secondary N) is 2. The number of hydrogen-bond donors (Lipinski definition) is 2. The van der Waals surface area contributed by atoms with E-state index in [2.05, 4.69) is 44.4 Å². The maximum Gasteiger partial charge on any atom is 0.0510 e. The summed E-state index contributed by atoms with van der Waals surface area (Å²) in [6.07, 6.45) is 1.15. The molecule has 4 nitrogen and oxygen atoms in total. The van der Waals surface area contributed by atoms with Gasteiger partial charge in [0.1, 0.15) is 0 Å². The zero-order valence-electron chi connectivity index (χ0n) is 11.9.